The van der Waals surface area contributed by atoms with Crippen molar-refractivity contribution in [2.75, 3.05) is 0 Å². The summed E-state index contributed by atoms with van der Waals surface area (Å²) in [6.45, 7) is 2.43. The van der Waals surface area contributed by atoms with Gasteiger partial charge in [0.1, 0.15) is 24.8 Å². The Hall–Kier alpha value is -2.90. The molecule has 0 aliphatic carbocycles. The van der Waals surface area contributed by atoms with E-state index in [-0.39, 0.29) is 18.6 Å². The minimum absolute atomic E-state index is 0.161. The summed E-state index contributed by atoms with van der Waals surface area (Å²) in [5.41, 5.74) is 0.885. The maximum atomic E-state index is 11.8. The Kier molecular flexibility index (Phi) is 4.22. The van der Waals surface area contributed by atoms with E-state index in [4.69, 9.17) is 4.74 Å². The van der Waals surface area contributed by atoms with Gasteiger partial charge in [0.2, 0.25) is 5.91 Å². The number of benzene rings is 1. The predicted molar refractivity (Wildman–Crippen MR) is 80.2 cm³/mol. The molecule has 1 aromatic heterocycles. The zero-order valence-electron chi connectivity index (χ0n) is 12.6. The molecular weight excluding hydrogens is 298 g/mol. The minimum atomic E-state index is -0.623. The molecule has 2 N–H and O–H groups in total. The summed E-state index contributed by atoms with van der Waals surface area (Å²) >= 11 is 0. The maximum absolute atomic E-state index is 11.8. The lowest BCUT2D eigenvalue weighted by Gasteiger charge is -2.36. The fourth-order valence-corrected chi connectivity index (χ4v) is 2.34. The summed E-state index contributed by atoms with van der Waals surface area (Å²) in [5, 5.41) is 9.39. The first-order valence-corrected chi connectivity index (χ1v) is 7.25. The first-order valence-electron chi connectivity index (χ1n) is 7.25. The molecule has 2 amide bonds. The summed E-state index contributed by atoms with van der Waals surface area (Å²) in [6.07, 6.45) is 0.834. The van der Waals surface area contributed by atoms with Crippen LogP contribution in [0.25, 0.3) is 0 Å². The molecule has 8 nitrogen and oxygen atoms in total. The Bertz CT molecular complexity index is 700. The Morgan fingerprint density at radius 3 is 2.83 bits per heavy atom. The van der Waals surface area contributed by atoms with E-state index in [2.05, 4.69) is 20.7 Å². The van der Waals surface area contributed by atoms with E-state index in [0.717, 1.165) is 11.4 Å². The van der Waals surface area contributed by atoms with Gasteiger partial charge in [0.05, 0.1) is 12.6 Å². The number of nitrogens with zero attached hydrogens (tertiary/aromatic N) is 3. The molecule has 1 aliphatic heterocycles. The molecule has 0 saturated carbocycles. The fourth-order valence-electron chi connectivity index (χ4n) is 2.34. The van der Waals surface area contributed by atoms with Crippen LogP contribution in [0.5, 0.6) is 0 Å². The summed E-state index contributed by atoms with van der Waals surface area (Å²) in [4.78, 5) is 27.5. The van der Waals surface area contributed by atoms with Crippen LogP contribution < -0.4 is 10.6 Å². The van der Waals surface area contributed by atoms with E-state index in [0.29, 0.717) is 6.54 Å². The molecule has 1 saturated heterocycles. The molecule has 3 rings (SSSR count). The van der Waals surface area contributed by atoms with Crippen molar-refractivity contribution in [2.24, 2.45) is 0 Å². The van der Waals surface area contributed by atoms with E-state index in [1.54, 1.807) is 4.68 Å². The van der Waals surface area contributed by atoms with Crippen molar-refractivity contribution < 1.29 is 14.3 Å². The molecule has 120 valence electrons. The molecule has 2 atom stereocenters. The van der Waals surface area contributed by atoms with Gasteiger partial charge in [0.15, 0.2) is 0 Å². The Balaban J connectivity index is 1.50. The number of aryl methyl sites for hydroxylation is 1. The van der Waals surface area contributed by atoms with Gasteiger partial charge in [-0.2, -0.15) is 5.10 Å². The summed E-state index contributed by atoms with van der Waals surface area (Å²) < 4.78 is 6.80. The lowest BCUT2D eigenvalue weighted by Crippen LogP contribution is -2.70. The fraction of sp³-hybridized carbons (Fsp3) is 0.333. The van der Waals surface area contributed by atoms with Crippen molar-refractivity contribution in [1.29, 1.82) is 0 Å². The zero-order valence-corrected chi connectivity index (χ0v) is 12.6. The van der Waals surface area contributed by atoms with Gasteiger partial charge in [-0.25, -0.2) is 14.5 Å². The topological polar surface area (TPSA) is 98.1 Å². The highest BCUT2D eigenvalue weighted by molar-refractivity contribution is 5.92. The van der Waals surface area contributed by atoms with E-state index in [1.807, 2.05) is 37.3 Å². The molecule has 2 heterocycles. The van der Waals surface area contributed by atoms with Crippen LogP contribution in [0.4, 0.5) is 4.79 Å². The molecule has 23 heavy (non-hydrogen) atoms. The monoisotopic (exact) mass is 315 g/mol. The average molecular weight is 315 g/mol. The number of alkyl carbamates (subject to hydrolysis) is 1. The number of rotatable bonds is 5. The number of aromatic nitrogens is 3. The van der Waals surface area contributed by atoms with Crippen LogP contribution in [0.3, 0.4) is 0 Å². The third-order valence-corrected chi connectivity index (χ3v) is 3.68. The van der Waals surface area contributed by atoms with Crippen molar-refractivity contribution in [3.63, 3.8) is 0 Å². The van der Waals surface area contributed by atoms with Gasteiger partial charge in [-0.3, -0.25) is 4.79 Å². The third kappa shape index (κ3) is 3.47. The van der Waals surface area contributed by atoms with Crippen LogP contribution in [0.15, 0.2) is 36.7 Å². The SMILES string of the molecule is Cc1ncnn1C[C@H]1NC(=O)[C@H]1NC(=O)OCc1ccccc1. The van der Waals surface area contributed by atoms with Crippen molar-refractivity contribution in [2.45, 2.75) is 32.2 Å². The smallest absolute Gasteiger partial charge is 0.408 e. The van der Waals surface area contributed by atoms with Gasteiger partial charge < -0.3 is 15.4 Å². The van der Waals surface area contributed by atoms with Crippen LogP contribution in [0.2, 0.25) is 0 Å². The summed E-state index contributed by atoms with van der Waals surface area (Å²) in [6, 6.07) is 8.49. The van der Waals surface area contributed by atoms with Gasteiger partial charge >= 0.3 is 6.09 Å². The second-order valence-corrected chi connectivity index (χ2v) is 5.29. The van der Waals surface area contributed by atoms with Gasteiger partial charge in [-0.15, -0.1) is 0 Å². The molecule has 2 aromatic rings. The van der Waals surface area contributed by atoms with E-state index in [9.17, 15) is 9.59 Å². The minimum Gasteiger partial charge on any atom is -0.445 e. The highest BCUT2D eigenvalue weighted by Gasteiger charge is 2.41. The molecule has 0 unspecified atom stereocenters. The van der Waals surface area contributed by atoms with Crippen molar-refractivity contribution in [3.05, 3.63) is 48.0 Å². The number of nitrogens with one attached hydrogen (secondary N) is 2. The molecule has 1 fully saturated rings. The van der Waals surface area contributed by atoms with E-state index in [1.165, 1.54) is 6.33 Å². The summed E-state index contributed by atoms with van der Waals surface area (Å²) in [5.74, 6) is 0.515. The lowest BCUT2D eigenvalue weighted by atomic mass is 9.99. The maximum Gasteiger partial charge on any atom is 0.408 e. The van der Waals surface area contributed by atoms with Gasteiger partial charge in [-0.1, -0.05) is 30.3 Å². The van der Waals surface area contributed by atoms with Gasteiger partial charge in [-0.05, 0) is 12.5 Å². The first kappa shape index (κ1) is 15.0. The van der Waals surface area contributed by atoms with Crippen molar-refractivity contribution >= 4 is 12.0 Å². The number of hydrogen-bond donors (Lipinski definition) is 2. The quantitative estimate of drug-likeness (QED) is 0.777. The number of ether oxygens (including phenoxy) is 1. The normalized spacial score (nSPS) is 19.6. The predicted octanol–water partition coefficient (Wildman–Crippen LogP) is 0.380. The van der Waals surface area contributed by atoms with Crippen LogP contribution >= 0.6 is 0 Å². The number of carbonyl (C=O) groups is 2. The number of β-lactam (4-membered cyclic amide) rings is 1. The van der Waals surface area contributed by atoms with Crippen LogP contribution in [0.1, 0.15) is 11.4 Å². The van der Waals surface area contributed by atoms with Crippen LogP contribution in [0, 0.1) is 6.92 Å². The summed E-state index contributed by atoms with van der Waals surface area (Å²) in [7, 11) is 0. The van der Waals surface area contributed by atoms with Gasteiger partial charge in [0, 0.05) is 0 Å². The second kappa shape index (κ2) is 6.47. The number of hydrogen-bond acceptors (Lipinski definition) is 5. The highest BCUT2D eigenvalue weighted by Crippen LogP contribution is 2.10. The largest absolute Gasteiger partial charge is 0.445 e. The molecular formula is C15H17N5O3. The average Bonchev–Trinajstić information content (AvgIpc) is 2.96. The van der Waals surface area contributed by atoms with Crippen LogP contribution in [-0.2, 0) is 22.7 Å². The lowest BCUT2D eigenvalue weighted by molar-refractivity contribution is -0.132. The molecule has 0 bridgehead atoms. The molecule has 0 radical (unpaired) electrons. The van der Waals surface area contributed by atoms with Gasteiger partial charge in [0.25, 0.3) is 0 Å². The second-order valence-electron chi connectivity index (χ2n) is 5.29. The number of amides is 2. The zero-order chi connectivity index (χ0) is 16.2. The third-order valence-electron chi connectivity index (χ3n) is 3.68. The molecule has 0 spiro atoms. The highest BCUT2D eigenvalue weighted by atomic mass is 16.5. The number of carbonyl (C=O) groups excluding carboxylic acids is 2. The van der Waals surface area contributed by atoms with E-state index >= 15 is 0 Å². The Morgan fingerprint density at radius 1 is 1.39 bits per heavy atom. The van der Waals surface area contributed by atoms with E-state index < -0.39 is 12.1 Å². The molecule has 1 aliphatic rings. The molecule has 8 heteroatoms. The molecule has 1 aromatic carbocycles. The standard InChI is InChI=1S/C15H17N5O3/c1-10-16-9-17-20(10)7-12-13(14(21)18-12)19-15(22)23-8-11-5-3-2-4-6-11/h2-6,9,12-13H,7-8H2,1H3,(H,18,21)(H,19,22)/t12-,13+/m1/s1. The van der Waals surface area contributed by atoms with Crippen molar-refractivity contribution in [3.8, 4) is 0 Å². The first-order chi connectivity index (χ1) is 11.1. The van der Waals surface area contributed by atoms with Crippen molar-refractivity contribution in [1.82, 2.24) is 25.4 Å². The van der Waals surface area contributed by atoms with Crippen LogP contribution in [-0.4, -0.2) is 38.8 Å². The Labute approximate surface area is 132 Å². The Morgan fingerprint density at radius 2 is 2.17 bits per heavy atom.